The third-order valence-electron chi connectivity index (χ3n) is 3.84. The molecule has 1 fully saturated rings. The zero-order valence-corrected chi connectivity index (χ0v) is 13.1. The molecule has 112 valence electrons. The largest absolute Gasteiger partial charge is 0.369 e. The van der Waals surface area contributed by atoms with E-state index >= 15 is 0 Å². The summed E-state index contributed by atoms with van der Waals surface area (Å²) in [6.45, 7) is 6.56. The van der Waals surface area contributed by atoms with E-state index < -0.39 is 9.84 Å². The second kappa shape index (κ2) is 6.59. The fourth-order valence-electron chi connectivity index (χ4n) is 2.79. The van der Waals surface area contributed by atoms with Crippen LogP contribution in [0.4, 0.5) is 5.69 Å². The Kier molecular flexibility index (Phi) is 5.05. The average Bonchev–Trinajstić information content (AvgIpc) is 2.48. The van der Waals surface area contributed by atoms with E-state index in [0.29, 0.717) is 10.9 Å². The first-order valence-electron chi connectivity index (χ1n) is 7.38. The standard InChI is InChI=1S/C15H24N2O2S/c1-3-16-13-8-7-11-17(12-13)14-9-5-6-10-15(14)20(18,19)4-2/h5-6,9-10,13,16H,3-4,7-8,11-12H2,1-2H3. The van der Waals surface area contributed by atoms with Crippen LogP contribution < -0.4 is 10.2 Å². The van der Waals surface area contributed by atoms with E-state index in [2.05, 4.69) is 17.1 Å². The third-order valence-corrected chi connectivity index (χ3v) is 5.61. The molecule has 1 aliphatic heterocycles. The maximum atomic E-state index is 12.2. The molecule has 20 heavy (non-hydrogen) atoms. The van der Waals surface area contributed by atoms with E-state index in [-0.39, 0.29) is 5.75 Å². The quantitative estimate of drug-likeness (QED) is 0.903. The van der Waals surface area contributed by atoms with Gasteiger partial charge in [0, 0.05) is 19.1 Å². The second-order valence-electron chi connectivity index (χ2n) is 5.21. The van der Waals surface area contributed by atoms with Crippen LogP contribution in [-0.4, -0.2) is 39.8 Å². The maximum Gasteiger partial charge on any atom is 0.180 e. The molecule has 1 heterocycles. The van der Waals surface area contributed by atoms with Crippen molar-refractivity contribution >= 4 is 15.5 Å². The summed E-state index contributed by atoms with van der Waals surface area (Å²) >= 11 is 0. The lowest BCUT2D eigenvalue weighted by atomic mass is 10.0. The lowest BCUT2D eigenvalue weighted by molar-refractivity contribution is 0.430. The van der Waals surface area contributed by atoms with Gasteiger partial charge in [-0.1, -0.05) is 26.0 Å². The van der Waals surface area contributed by atoms with Crippen LogP contribution in [0.5, 0.6) is 0 Å². The van der Waals surface area contributed by atoms with Crippen molar-refractivity contribution in [1.29, 1.82) is 0 Å². The summed E-state index contributed by atoms with van der Waals surface area (Å²) in [6, 6.07) is 7.83. The number of rotatable bonds is 5. The van der Waals surface area contributed by atoms with Gasteiger partial charge in [-0.3, -0.25) is 0 Å². The molecule has 1 aromatic rings. The van der Waals surface area contributed by atoms with Gasteiger partial charge in [0.15, 0.2) is 9.84 Å². The number of benzene rings is 1. The molecule has 2 rings (SSSR count). The SMILES string of the molecule is CCNC1CCCN(c2ccccc2S(=O)(=O)CC)C1. The molecule has 1 N–H and O–H groups in total. The summed E-state index contributed by atoms with van der Waals surface area (Å²) < 4.78 is 24.5. The Labute approximate surface area is 122 Å². The van der Waals surface area contributed by atoms with E-state index in [9.17, 15) is 8.42 Å². The Balaban J connectivity index is 2.29. The molecule has 0 spiro atoms. The topological polar surface area (TPSA) is 49.4 Å². The summed E-state index contributed by atoms with van der Waals surface area (Å²) in [5.41, 5.74) is 0.858. The number of anilines is 1. The third kappa shape index (κ3) is 3.33. The van der Waals surface area contributed by atoms with Gasteiger partial charge in [0.25, 0.3) is 0 Å². The number of para-hydroxylation sites is 1. The van der Waals surface area contributed by atoms with Crippen LogP contribution in [0.25, 0.3) is 0 Å². The number of likely N-dealkylation sites (N-methyl/N-ethyl adjacent to an activating group) is 1. The van der Waals surface area contributed by atoms with Crippen LogP contribution >= 0.6 is 0 Å². The Morgan fingerprint density at radius 1 is 1.30 bits per heavy atom. The summed E-state index contributed by atoms with van der Waals surface area (Å²) in [6.07, 6.45) is 2.26. The minimum Gasteiger partial charge on any atom is -0.369 e. The zero-order valence-electron chi connectivity index (χ0n) is 12.3. The number of hydrogen-bond acceptors (Lipinski definition) is 4. The van der Waals surface area contributed by atoms with E-state index in [1.807, 2.05) is 12.1 Å². The van der Waals surface area contributed by atoms with Crippen molar-refractivity contribution in [3.05, 3.63) is 24.3 Å². The molecule has 0 amide bonds. The number of sulfone groups is 1. The molecule has 1 aliphatic rings. The van der Waals surface area contributed by atoms with Crippen LogP contribution in [0, 0.1) is 0 Å². The molecule has 0 radical (unpaired) electrons. The van der Waals surface area contributed by atoms with Crippen molar-refractivity contribution in [2.24, 2.45) is 0 Å². The van der Waals surface area contributed by atoms with Crippen LogP contribution in [0.3, 0.4) is 0 Å². The molecule has 0 aromatic heterocycles. The van der Waals surface area contributed by atoms with Gasteiger partial charge in [-0.25, -0.2) is 8.42 Å². The van der Waals surface area contributed by atoms with Gasteiger partial charge in [0.2, 0.25) is 0 Å². The first-order chi connectivity index (χ1) is 9.58. The van der Waals surface area contributed by atoms with Crippen molar-refractivity contribution in [2.45, 2.75) is 37.6 Å². The minimum atomic E-state index is -3.17. The highest BCUT2D eigenvalue weighted by molar-refractivity contribution is 7.91. The Hall–Kier alpha value is -1.07. The molecular weight excluding hydrogens is 272 g/mol. The normalized spacial score (nSPS) is 20.1. The molecule has 0 aliphatic carbocycles. The molecule has 4 nitrogen and oxygen atoms in total. The lowest BCUT2D eigenvalue weighted by Crippen LogP contribution is -2.46. The predicted molar refractivity (Wildman–Crippen MR) is 83.1 cm³/mol. The van der Waals surface area contributed by atoms with Crippen molar-refractivity contribution in [1.82, 2.24) is 5.32 Å². The van der Waals surface area contributed by atoms with Gasteiger partial charge in [-0.05, 0) is 31.5 Å². The van der Waals surface area contributed by atoms with E-state index in [0.717, 1.165) is 38.2 Å². The second-order valence-corrected chi connectivity index (χ2v) is 7.46. The van der Waals surface area contributed by atoms with Crippen molar-refractivity contribution in [3.63, 3.8) is 0 Å². The van der Waals surface area contributed by atoms with Gasteiger partial charge in [-0.2, -0.15) is 0 Å². The lowest BCUT2D eigenvalue weighted by Gasteiger charge is -2.35. The highest BCUT2D eigenvalue weighted by Crippen LogP contribution is 2.28. The molecule has 1 unspecified atom stereocenters. The van der Waals surface area contributed by atoms with Crippen molar-refractivity contribution < 1.29 is 8.42 Å². The van der Waals surface area contributed by atoms with E-state index in [1.54, 1.807) is 19.1 Å². The Bertz CT molecular complexity index is 541. The fourth-order valence-corrected chi connectivity index (χ4v) is 3.90. The van der Waals surface area contributed by atoms with Crippen LogP contribution in [0.2, 0.25) is 0 Å². The van der Waals surface area contributed by atoms with Crippen molar-refractivity contribution in [3.8, 4) is 0 Å². The molecular formula is C15H24N2O2S. The summed E-state index contributed by atoms with van der Waals surface area (Å²) in [5.74, 6) is 0.147. The Morgan fingerprint density at radius 3 is 2.75 bits per heavy atom. The maximum absolute atomic E-state index is 12.2. The van der Waals surface area contributed by atoms with Gasteiger partial charge < -0.3 is 10.2 Å². The van der Waals surface area contributed by atoms with E-state index in [1.165, 1.54) is 0 Å². The average molecular weight is 296 g/mol. The summed E-state index contributed by atoms with van der Waals surface area (Å²) in [7, 11) is -3.17. The molecule has 1 atom stereocenters. The first-order valence-corrected chi connectivity index (χ1v) is 9.03. The van der Waals surface area contributed by atoms with Gasteiger partial charge in [0.05, 0.1) is 16.3 Å². The molecule has 5 heteroatoms. The highest BCUT2D eigenvalue weighted by atomic mass is 32.2. The first kappa shape index (κ1) is 15.3. The summed E-state index contributed by atoms with van der Waals surface area (Å²) in [5, 5.41) is 3.47. The molecule has 0 saturated carbocycles. The number of piperidine rings is 1. The zero-order chi connectivity index (χ0) is 14.6. The fraction of sp³-hybridized carbons (Fsp3) is 0.600. The predicted octanol–water partition coefficient (Wildman–Crippen LogP) is 2.06. The van der Waals surface area contributed by atoms with Crippen LogP contribution in [0.1, 0.15) is 26.7 Å². The monoisotopic (exact) mass is 296 g/mol. The molecule has 1 aromatic carbocycles. The molecule has 0 bridgehead atoms. The smallest absolute Gasteiger partial charge is 0.180 e. The van der Waals surface area contributed by atoms with Crippen molar-refractivity contribution in [2.75, 3.05) is 30.3 Å². The van der Waals surface area contributed by atoms with Gasteiger partial charge >= 0.3 is 0 Å². The number of hydrogen-bond donors (Lipinski definition) is 1. The Morgan fingerprint density at radius 2 is 2.05 bits per heavy atom. The van der Waals surface area contributed by atoms with Crippen LogP contribution in [-0.2, 0) is 9.84 Å². The molecule has 1 saturated heterocycles. The van der Waals surface area contributed by atoms with Crippen LogP contribution in [0.15, 0.2) is 29.2 Å². The van der Waals surface area contributed by atoms with Gasteiger partial charge in [-0.15, -0.1) is 0 Å². The van der Waals surface area contributed by atoms with E-state index in [4.69, 9.17) is 0 Å². The summed E-state index contributed by atoms with van der Waals surface area (Å²) in [4.78, 5) is 2.68. The van der Waals surface area contributed by atoms with Gasteiger partial charge in [0.1, 0.15) is 0 Å². The highest BCUT2D eigenvalue weighted by Gasteiger charge is 2.24. The minimum absolute atomic E-state index is 0.147. The number of nitrogens with zero attached hydrogens (tertiary/aromatic N) is 1. The number of nitrogens with one attached hydrogen (secondary N) is 1.